The minimum absolute atomic E-state index is 0.176. The molecule has 0 radical (unpaired) electrons. The molecule has 6 aromatic carbocycles. The van der Waals surface area contributed by atoms with Gasteiger partial charge in [0.2, 0.25) is 0 Å². The number of rotatable bonds is 7. The Kier molecular flexibility index (Phi) is 8.82. The summed E-state index contributed by atoms with van der Waals surface area (Å²) in [6.45, 7) is 0. The minimum atomic E-state index is -4.51. The molecule has 8 heteroatoms. The van der Waals surface area contributed by atoms with E-state index in [-0.39, 0.29) is 5.69 Å². The number of alkyl halides is 3. The quantitative estimate of drug-likeness (QED) is 0.149. The number of aromatic nitrogens is 3. The first-order valence-electron chi connectivity index (χ1n) is 16.5. The van der Waals surface area contributed by atoms with Crippen molar-refractivity contribution in [2.75, 3.05) is 4.90 Å². The van der Waals surface area contributed by atoms with E-state index < -0.39 is 11.7 Å². The van der Waals surface area contributed by atoms with Crippen molar-refractivity contribution in [3.05, 3.63) is 179 Å². The Hall–Kier alpha value is -5.78. The van der Waals surface area contributed by atoms with E-state index in [1.165, 1.54) is 6.20 Å². The number of anilines is 3. The molecule has 0 unspecified atom stereocenters. The molecule has 0 fully saturated rings. The molecule has 8 aromatic rings. The summed E-state index contributed by atoms with van der Waals surface area (Å²) in [4.78, 5) is 6.43. The Morgan fingerprint density at radius 2 is 1.21 bits per heavy atom. The fourth-order valence-corrected chi connectivity index (χ4v) is 7.37. The number of hydrogen-bond donors (Lipinski definition) is 0. The number of fused-ring (bicyclic) bond motifs is 1. The molecule has 0 aliphatic rings. The van der Waals surface area contributed by atoms with Gasteiger partial charge in [-0.05, 0) is 6.07 Å². The molecule has 2 aromatic heterocycles. The Morgan fingerprint density at radius 1 is 0.635 bits per heavy atom. The number of pyridine rings is 1. The number of benzene rings is 6. The van der Waals surface area contributed by atoms with E-state index in [0.717, 1.165) is 66.3 Å². The predicted molar refractivity (Wildman–Crippen MR) is 197 cm³/mol. The van der Waals surface area contributed by atoms with Crippen LogP contribution in [-0.4, -0.2) is 14.1 Å². The molecule has 0 aliphatic carbocycles. The molecule has 258 valence electrons. The van der Waals surface area contributed by atoms with E-state index in [0.29, 0.717) is 11.3 Å². The monoisotopic (exact) mass is 865 g/mol. The van der Waals surface area contributed by atoms with Crippen LogP contribution in [0.2, 0.25) is 0 Å². The van der Waals surface area contributed by atoms with Crippen LogP contribution in [0.1, 0.15) is 5.56 Å². The number of para-hydroxylation sites is 3. The van der Waals surface area contributed by atoms with Crippen LogP contribution in [0, 0.1) is 15.9 Å². The fraction of sp³-hybridized carbons (Fsp3) is 0.0455. The molecule has 8 rings (SSSR count). The first-order valence-corrected chi connectivity index (χ1v) is 17.7. The van der Waals surface area contributed by atoms with E-state index in [2.05, 4.69) is 99.0 Å². The zero-order valence-corrected chi connectivity index (χ0v) is 30.0. The molecular weight excluding hydrogens is 837 g/mol. The van der Waals surface area contributed by atoms with E-state index in [4.69, 9.17) is 0 Å². The Morgan fingerprint density at radius 3 is 1.87 bits per heavy atom. The van der Waals surface area contributed by atoms with Gasteiger partial charge in [0.25, 0.3) is 0 Å². The molecule has 52 heavy (non-hydrogen) atoms. The molecular formula is C44H29F3N4Pt-2. The second-order valence-corrected chi connectivity index (χ2v) is 13.2. The SMILES string of the molecule is Cn1[c](=[Pt])n(-c2[c-]c(N(c3[c-]c(-c4cc(C(F)(F)F)ccn4)ccc3)c3c(-c4ccccc4)cccc3-c3ccccc3)ccc2)c2ccccc21. The van der Waals surface area contributed by atoms with Gasteiger partial charge in [0.15, 0.2) is 0 Å². The average molecular weight is 866 g/mol. The normalized spacial score (nSPS) is 11.6. The van der Waals surface area contributed by atoms with E-state index in [9.17, 15) is 13.2 Å². The van der Waals surface area contributed by atoms with Gasteiger partial charge in [-0.2, -0.15) is 13.2 Å². The summed E-state index contributed by atoms with van der Waals surface area (Å²) < 4.78 is 46.7. The third-order valence-corrected chi connectivity index (χ3v) is 10.2. The van der Waals surface area contributed by atoms with Crippen LogP contribution in [0.15, 0.2) is 158 Å². The molecule has 0 spiro atoms. The average Bonchev–Trinajstić information content (AvgIpc) is 3.44. The molecule has 0 bridgehead atoms. The zero-order valence-electron chi connectivity index (χ0n) is 27.8. The van der Waals surface area contributed by atoms with Crippen LogP contribution in [-0.2, 0) is 32.6 Å². The Bertz CT molecular complexity index is 2550. The van der Waals surface area contributed by atoms with Crippen molar-refractivity contribution in [2.45, 2.75) is 6.18 Å². The van der Waals surface area contributed by atoms with E-state index in [1.54, 1.807) is 6.07 Å². The van der Waals surface area contributed by atoms with Crippen molar-refractivity contribution in [3.8, 4) is 39.2 Å². The fourth-order valence-electron chi connectivity index (χ4n) is 6.55. The van der Waals surface area contributed by atoms with E-state index >= 15 is 0 Å². The summed E-state index contributed by atoms with van der Waals surface area (Å²) in [6.07, 6.45) is -3.32. The summed E-state index contributed by atoms with van der Waals surface area (Å²) in [7, 11) is 2.04. The molecule has 0 saturated heterocycles. The number of halogens is 3. The first kappa shape index (κ1) is 33.4. The Balaban J connectivity index is 1.42. The molecule has 2 heterocycles. The van der Waals surface area contributed by atoms with Crippen molar-refractivity contribution in [1.82, 2.24) is 14.1 Å². The maximum atomic E-state index is 13.8. The van der Waals surface area contributed by atoms with Crippen molar-refractivity contribution in [1.29, 1.82) is 0 Å². The first-order chi connectivity index (χ1) is 25.3. The van der Waals surface area contributed by atoms with Crippen molar-refractivity contribution >= 4 is 28.1 Å². The van der Waals surface area contributed by atoms with Crippen LogP contribution < -0.4 is 4.90 Å². The van der Waals surface area contributed by atoms with Gasteiger partial charge in [0.1, 0.15) is 0 Å². The van der Waals surface area contributed by atoms with Gasteiger partial charge in [0, 0.05) is 0 Å². The van der Waals surface area contributed by atoms with Gasteiger partial charge in [0.05, 0.1) is 0 Å². The van der Waals surface area contributed by atoms with Gasteiger partial charge >= 0.3 is 292 Å². The van der Waals surface area contributed by atoms with Gasteiger partial charge < -0.3 is 0 Å². The third kappa shape index (κ3) is 6.22. The van der Waals surface area contributed by atoms with Gasteiger partial charge in [-0.1, -0.05) is 0 Å². The van der Waals surface area contributed by atoms with Crippen molar-refractivity contribution < 1.29 is 32.5 Å². The molecule has 0 aliphatic heterocycles. The second kappa shape index (κ2) is 13.7. The topological polar surface area (TPSA) is 26.0 Å². The summed E-state index contributed by atoms with van der Waals surface area (Å²) >= 11 is 2.34. The standard InChI is InChI=1S/C44H29F3N4.Pt/c1-49-30-50(42-24-9-8-23-41(42)49)35-18-11-20-37(29-35)51(36-19-10-17-33(27-36)40-28-34(25-26-48-40)44(45,46)47)43-38(31-13-4-2-5-14-31)21-12-22-39(43)32-15-6-3-7-16-32;/h2-26,28H,1H3;/q-2;. The molecule has 0 saturated carbocycles. The van der Waals surface area contributed by atoms with E-state index in [1.807, 2.05) is 92.0 Å². The predicted octanol–water partition coefficient (Wildman–Crippen LogP) is 11.5. The number of imidazole rings is 1. The van der Waals surface area contributed by atoms with Crippen LogP contribution in [0.3, 0.4) is 0 Å². The van der Waals surface area contributed by atoms with Crippen LogP contribution >= 0.6 is 0 Å². The van der Waals surface area contributed by atoms with Gasteiger partial charge in [-0.25, -0.2) is 0 Å². The summed E-state index contributed by atoms with van der Waals surface area (Å²) in [5.74, 6) is 0. The van der Waals surface area contributed by atoms with Gasteiger partial charge in [-0.3, -0.25) is 0 Å². The number of aryl methyl sites for hydroxylation is 1. The van der Waals surface area contributed by atoms with Crippen LogP contribution in [0.4, 0.5) is 30.2 Å². The van der Waals surface area contributed by atoms with Crippen LogP contribution in [0.25, 0.3) is 50.2 Å². The summed E-state index contributed by atoms with van der Waals surface area (Å²) in [5.41, 5.74) is 8.93. The summed E-state index contributed by atoms with van der Waals surface area (Å²) in [5, 5.41) is 0. The van der Waals surface area contributed by atoms with Crippen molar-refractivity contribution in [3.63, 3.8) is 0 Å². The van der Waals surface area contributed by atoms with Crippen molar-refractivity contribution in [2.24, 2.45) is 7.05 Å². The van der Waals surface area contributed by atoms with Gasteiger partial charge in [-0.15, -0.1) is 0 Å². The number of hydrogen-bond acceptors (Lipinski definition) is 2. The third-order valence-electron chi connectivity index (χ3n) is 8.97. The Labute approximate surface area is 310 Å². The zero-order chi connectivity index (χ0) is 35.8. The molecule has 4 nitrogen and oxygen atoms in total. The molecule has 0 amide bonds. The number of nitrogens with zero attached hydrogens (tertiary/aromatic N) is 4. The second-order valence-electron chi connectivity index (χ2n) is 12.2. The molecule has 0 N–H and O–H groups in total. The van der Waals surface area contributed by atoms with Crippen LogP contribution in [0.5, 0.6) is 0 Å². The summed E-state index contributed by atoms with van der Waals surface area (Å²) in [6, 6.07) is 55.6. The molecule has 0 atom stereocenters. The maximum absolute atomic E-state index is 13.8.